The van der Waals surface area contributed by atoms with Crippen molar-refractivity contribution in [3.05, 3.63) is 53.2 Å². The summed E-state index contributed by atoms with van der Waals surface area (Å²) in [6, 6.07) is 8.92. The topological polar surface area (TPSA) is 50.9 Å². The van der Waals surface area contributed by atoms with Crippen molar-refractivity contribution in [2.75, 3.05) is 5.32 Å². The Hall–Kier alpha value is -2.15. The molecule has 0 unspecified atom stereocenters. The Kier molecular flexibility index (Phi) is 4.13. The summed E-state index contributed by atoms with van der Waals surface area (Å²) in [7, 11) is 0. The number of halogens is 3. The fourth-order valence-electron chi connectivity index (χ4n) is 1.79. The Morgan fingerprint density at radius 2 is 1.95 bits per heavy atom. The lowest BCUT2D eigenvalue weighted by molar-refractivity contribution is -0.138. The summed E-state index contributed by atoms with van der Waals surface area (Å²) < 4.78 is 38.6. The molecule has 0 radical (unpaired) electrons. The molecule has 110 valence electrons. The predicted molar refractivity (Wildman–Crippen MR) is 79.6 cm³/mol. The third-order valence-electron chi connectivity index (χ3n) is 2.82. The number of hydrogen-bond acceptors (Lipinski definition) is 3. The van der Waals surface area contributed by atoms with E-state index < -0.39 is 11.7 Å². The van der Waals surface area contributed by atoms with E-state index in [2.05, 4.69) is 10.3 Å². The molecule has 0 aliphatic carbocycles. The van der Waals surface area contributed by atoms with Crippen LogP contribution >= 0.6 is 12.2 Å². The Morgan fingerprint density at radius 1 is 1.24 bits per heavy atom. The number of hydrogen-bond donors (Lipinski definition) is 2. The zero-order chi connectivity index (χ0) is 15.6. The van der Waals surface area contributed by atoms with E-state index in [4.69, 9.17) is 18.0 Å². The summed E-state index contributed by atoms with van der Waals surface area (Å²) >= 11 is 4.81. The molecule has 0 fully saturated rings. The number of thiocarbonyl (C=S) groups is 1. The number of alkyl halides is 3. The average molecular weight is 311 g/mol. The molecule has 3 N–H and O–H groups in total. The molecule has 1 heterocycles. The Labute approximate surface area is 125 Å². The molecule has 1 aromatic carbocycles. The van der Waals surface area contributed by atoms with Gasteiger partial charge in [-0.3, -0.25) is 0 Å². The summed E-state index contributed by atoms with van der Waals surface area (Å²) in [5, 5.41) is 2.81. The van der Waals surface area contributed by atoms with Crippen LogP contribution < -0.4 is 11.1 Å². The number of benzene rings is 1. The first kappa shape index (κ1) is 15.2. The Bertz CT molecular complexity index is 683. The molecule has 2 aromatic rings. The van der Waals surface area contributed by atoms with E-state index in [-0.39, 0.29) is 10.6 Å². The highest BCUT2D eigenvalue weighted by atomic mass is 32.1. The normalized spacial score (nSPS) is 11.2. The fraction of sp³-hybridized carbons (Fsp3) is 0.143. The highest BCUT2D eigenvalue weighted by Crippen LogP contribution is 2.33. The summed E-state index contributed by atoms with van der Waals surface area (Å²) in [6.45, 7) is 1.42. The van der Waals surface area contributed by atoms with Gasteiger partial charge < -0.3 is 11.1 Å². The second-order valence-electron chi connectivity index (χ2n) is 4.42. The van der Waals surface area contributed by atoms with Crippen molar-refractivity contribution in [3.8, 4) is 0 Å². The quantitative estimate of drug-likeness (QED) is 0.847. The standard InChI is InChI=1S/C14H12F3N3S/c1-8-5-6-9(7-10(8)14(15,16)17)19-12-4-2-3-11(20-12)13(18)21/h2-7H,1H3,(H2,18,21)(H,19,20). The van der Waals surface area contributed by atoms with Crippen molar-refractivity contribution < 1.29 is 13.2 Å². The van der Waals surface area contributed by atoms with Crippen molar-refractivity contribution in [3.63, 3.8) is 0 Å². The minimum Gasteiger partial charge on any atom is -0.388 e. The van der Waals surface area contributed by atoms with Gasteiger partial charge in [0.25, 0.3) is 0 Å². The van der Waals surface area contributed by atoms with Gasteiger partial charge in [0, 0.05) is 5.69 Å². The van der Waals surface area contributed by atoms with Gasteiger partial charge in [-0.1, -0.05) is 24.4 Å². The summed E-state index contributed by atoms with van der Waals surface area (Å²) in [5.74, 6) is 0.372. The van der Waals surface area contributed by atoms with Crippen LogP contribution in [0.1, 0.15) is 16.8 Å². The maximum absolute atomic E-state index is 12.9. The minimum atomic E-state index is -4.39. The molecule has 0 saturated heterocycles. The lowest BCUT2D eigenvalue weighted by Gasteiger charge is -2.13. The molecule has 0 saturated carbocycles. The van der Waals surface area contributed by atoms with Gasteiger partial charge in [0.15, 0.2) is 0 Å². The van der Waals surface area contributed by atoms with Crippen LogP contribution in [0.5, 0.6) is 0 Å². The minimum absolute atomic E-state index is 0.124. The van der Waals surface area contributed by atoms with Gasteiger partial charge in [-0.05, 0) is 36.8 Å². The van der Waals surface area contributed by atoms with E-state index in [0.717, 1.165) is 6.07 Å². The molecule has 1 aromatic heterocycles. The summed E-state index contributed by atoms with van der Waals surface area (Å²) in [4.78, 5) is 4.25. The molecule has 2 rings (SSSR count). The number of nitrogens with two attached hydrogens (primary N) is 1. The van der Waals surface area contributed by atoms with Gasteiger partial charge in [-0.25, -0.2) is 4.98 Å². The second kappa shape index (κ2) is 5.69. The van der Waals surface area contributed by atoms with Gasteiger partial charge in [-0.15, -0.1) is 0 Å². The van der Waals surface area contributed by atoms with Crippen LogP contribution in [-0.4, -0.2) is 9.97 Å². The molecule has 0 bridgehead atoms. The summed E-state index contributed by atoms with van der Waals surface area (Å²) in [5.41, 5.74) is 5.65. The molecule has 0 spiro atoms. The van der Waals surface area contributed by atoms with E-state index >= 15 is 0 Å². The number of rotatable bonds is 3. The number of aryl methyl sites for hydroxylation is 1. The maximum atomic E-state index is 12.9. The van der Waals surface area contributed by atoms with E-state index in [0.29, 0.717) is 17.2 Å². The number of anilines is 2. The molecule has 0 atom stereocenters. The second-order valence-corrected chi connectivity index (χ2v) is 4.86. The zero-order valence-corrected chi connectivity index (χ0v) is 11.8. The van der Waals surface area contributed by atoms with Gasteiger partial charge in [0.1, 0.15) is 10.8 Å². The largest absolute Gasteiger partial charge is 0.416 e. The van der Waals surface area contributed by atoms with E-state index in [1.54, 1.807) is 24.3 Å². The summed E-state index contributed by atoms with van der Waals surface area (Å²) in [6.07, 6.45) is -4.39. The Balaban J connectivity index is 2.32. The van der Waals surface area contributed by atoms with Gasteiger partial charge in [-0.2, -0.15) is 13.2 Å². The van der Waals surface area contributed by atoms with Crippen molar-refractivity contribution >= 4 is 28.7 Å². The van der Waals surface area contributed by atoms with Crippen LogP contribution in [0.25, 0.3) is 0 Å². The predicted octanol–water partition coefficient (Wildman–Crippen LogP) is 3.79. The highest BCUT2D eigenvalue weighted by Gasteiger charge is 2.32. The molecule has 21 heavy (non-hydrogen) atoms. The van der Waals surface area contributed by atoms with Crippen molar-refractivity contribution in [1.29, 1.82) is 0 Å². The van der Waals surface area contributed by atoms with E-state index in [9.17, 15) is 13.2 Å². The number of aromatic nitrogens is 1. The van der Waals surface area contributed by atoms with Crippen molar-refractivity contribution in [1.82, 2.24) is 4.98 Å². The van der Waals surface area contributed by atoms with Crippen LogP contribution in [0, 0.1) is 6.92 Å². The molecule has 0 aliphatic heterocycles. The first-order valence-corrected chi connectivity index (χ1v) is 6.40. The zero-order valence-electron chi connectivity index (χ0n) is 11.0. The molecular formula is C14H12F3N3S. The van der Waals surface area contributed by atoms with Gasteiger partial charge in [0.05, 0.1) is 11.3 Å². The molecule has 3 nitrogen and oxygen atoms in total. The van der Waals surface area contributed by atoms with Gasteiger partial charge >= 0.3 is 6.18 Å². The number of nitrogens with one attached hydrogen (secondary N) is 1. The monoisotopic (exact) mass is 311 g/mol. The molecular weight excluding hydrogens is 299 g/mol. The number of nitrogens with zero attached hydrogens (tertiary/aromatic N) is 1. The first-order valence-electron chi connectivity index (χ1n) is 5.99. The smallest absolute Gasteiger partial charge is 0.388 e. The third kappa shape index (κ3) is 3.69. The number of pyridine rings is 1. The van der Waals surface area contributed by atoms with Crippen molar-refractivity contribution in [2.45, 2.75) is 13.1 Å². The first-order chi connectivity index (χ1) is 9.77. The van der Waals surface area contributed by atoms with Crippen LogP contribution in [0.15, 0.2) is 36.4 Å². The third-order valence-corrected chi connectivity index (χ3v) is 3.03. The Morgan fingerprint density at radius 3 is 2.57 bits per heavy atom. The SMILES string of the molecule is Cc1ccc(Nc2cccc(C(N)=S)n2)cc1C(F)(F)F. The fourth-order valence-corrected chi connectivity index (χ4v) is 1.91. The molecule has 7 heteroatoms. The average Bonchev–Trinajstić information content (AvgIpc) is 2.40. The van der Waals surface area contributed by atoms with Crippen LogP contribution in [-0.2, 0) is 6.18 Å². The highest BCUT2D eigenvalue weighted by molar-refractivity contribution is 7.80. The lowest BCUT2D eigenvalue weighted by atomic mass is 10.1. The van der Waals surface area contributed by atoms with Gasteiger partial charge in [0.2, 0.25) is 0 Å². The molecule has 0 amide bonds. The van der Waals surface area contributed by atoms with Crippen LogP contribution in [0.3, 0.4) is 0 Å². The lowest BCUT2D eigenvalue weighted by Crippen LogP contribution is -2.12. The van der Waals surface area contributed by atoms with Crippen LogP contribution in [0.2, 0.25) is 0 Å². The maximum Gasteiger partial charge on any atom is 0.416 e. The van der Waals surface area contributed by atoms with E-state index in [1.807, 2.05) is 0 Å². The van der Waals surface area contributed by atoms with Crippen molar-refractivity contribution in [2.24, 2.45) is 5.73 Å². The van der Waals surface area contributed by atoms with E-state index in [1.165, 1.54) is 13.0 Å². The molecule has 0 aliphatic rings. The van der Waals surface area contributed by atoms with Crippen LogP contribution in [0.4, 0.5) is 24.7 Å².